The fourth-order valence-corrected chi connectivity index (χ4v) is 0.831. The van der Waals surface area contributed by atoms with Gasteiger partial charge in [0.1, 0.15) is 12.7 Å². The summed E-state index contributed by atoms with van der Waals surface area (Å²) in [5, 5.41) is 25.7. The highest BCUT2D eigenvalue weighted by Crippen LogP contribution is 2.04. The van der Waals surface area contributed by atoms with Crippen LogP contribution < -0.4 is 0 Å². The average Bonchev–Trinajstić information content (AvgIpc) is 2.20. The molecule has 0 aromatic rings. The molecular formula is C6H8N2O9. The second-order valence-electron chi connectivity index (χ2n) is 2.74. The van der Waals surface area contributed by atoms with Crippen molar-refractivity contribution in [3.63, 3.8) is 0 Å². The summed E-state index contributed by atoms with van der Waals surface area (Å²) in [6, 6.07) is 0. The lowest BCUT2D eigenvalue weighted by Gasteiger charge is -2.12. The molecule has 0 saturated heterocycles. The van der Waals surface area contributed by atoms with Crippen molar-refractivity contribution < 1.29 is 34.5 Å². The molecule has 0 rings (SSSR count). The Balaban J connectivity index is 4.18. The van der Waals surface area contributed by atoms with Gasteiger partial charge in [0, 0.05) is 6.42 Å². The van der Waals surface area contributed by atoms with Crippen LogP contribution in [-0.2, 0) is 19.3 Å². The largest absolute Gasteiger partial charge is 0.476 e. The summed E-state index contributed by atoms with van der Waals surface area (Å²) in [5.41, 5.74) is 0. The van der Waals surface area contributed by atoms with Gasteiger partial charge in [-0.25, -0.2) is 4.79 Å². The molecule has 0 fully saturated rings. The Morgan fingerprint density at radius 1 is 1.24 bits per heavy atom. The van der Waals surface area contributed by atoms with E-state index < -0.39 is 41.1 Å². The van der Waals surface area contributed by atoms with Crippen LogP contribution in [0.25, 0.3) is 0 Å². The molecule has 1 atom stereocenters. The Morgan fingerprint density at radius 2 is 1.82 bits per heavy atom. The SMILES string of the molecule is O=C(O)C(=O)CC[C@H](CO[N+](=O)[O-])O[N+](=O)[O-]. The Morgan fingerprint density at radius 3 is 2.24 bits per heavy atom. The van der Waals surface area contributed by atoms with E-state index in [1.165, 1.54) is 0 Å². The molecule has 0 heterocycles. The number of rotatable bonds is 9. The molecule has 0 aromatic heterocycles. The van der Waals surface area contributed by atoms with E-state index >= 15 is 0 Å². The number of ketones is 1. The molecule has 11 nitrogen and oxygen atoms in total. The van der Waals surface area contributed by atoms with Crippen molar-refractivity contribution in [3.8, 4) is 0 Å². The topological polar surface area (TPSA) is 159 Å². The lowest BCUT2D eigenvalue weighted by atomic mass is 10.1. The molecule has 17 heavy (non-hydrogen) atoms. The lowest BCUT2D eigenvalue weighted by Crippen LogP contribution is -2.26. The van der Waals surface area contributed by atoms with Crippen LogP contribution in [0, 0.1) is 20.2 Å². The molecule has 0 radical (unpaired) electrons. The van der Waals surface area contributed by atoms with Gasteiger partial charge in [0.2, 0.25) is 5.78 Å². The van der Waals surface area contributed by atoms with Crippen LogP contribution in [0.1, 0.15) is 12.8 Å². The minimum atomic E-state index is -1.69. The zero-order valence-electron chi connectivity index (χ0n) is 8.31. The van der Waals surface area contributed by atoms with Crippen LogP contribution in [0.5, 0.6) is 0 Å². The second-order valence-corrected chi connectivity index (χ2v) is 2.74. The third-order valence-corrected chi connectivity index (χ3v) is 1.53. The van der Waals surface area contributed by atoms with Crippen LogP contribution >= 0.6 is 0 Å². The number of carbonyl (C=O) groups excluding carboxylic acids is 1. The van der Waals surface area contributed by atoms with Gasteiger partial charge < -0.3 is 14.8 Å². The molecule has 0 aliphatic carbocycles. The first-order valence-electron chi connectivity index (χ1n) is 4.17. The summed E-state index contributed by atoms with van der Waals surface area (Å²) in [4.78, 5) is 48.4. The first kappa shape index (κ1) is 14.5. The van der Waals surface area contributed by atoms with Gasteiger partial charge in [-0.1, -0.05) is 0 Å². The molecule has 0 aliphatic heterocycles. The first-order valence-corrected chi connectivity index (χ1v) is 4.17. The highest BCUT2D eigenvalue weighted by atomic mass is 17.0. The molecule has 11 heteroatoms. The van der Waals surface area contributed by atoms with E-state index in [2.05, 4.69) is 9.68 Å². The second kappa shape index (κ2) is 6.92. The Kier molecular flexibility index (Phi) is 5.92. The van der Waals surface area contributed by atoms with Crippen LogP contribution in [0.4, 0.5) is 0 Å². The Bertz CT molecular complexity index is 327. The van der Waals surface area contributed by atoms with Gasteiger partial charge in [-0.05, 0) is 6.42 Å². The summed E-state index contributed by atoms with van der Waals surface area (Å²) in [5.74, 6) is -2.87. The molecular weight excluding hydrogens is 244 g/mol. The third kappa shape index (κ3) is 7.47. The zero-order valence-corrected chi connectivity index (χ0v) is 8.31. The summed E-state index contributed by atoms with van der Waals surface area (Å²) < 4.78 is 0. The maximum absolute atomic E-state index is 10.7. The van der Waals surface area contributed by atoms with E-state index in [1.54, 1.807) is 0 Å². The smallest absolute Gasteiger partial charge is 0.372 e. The molecule has 0 unspecified atom stereocenters. The summed E-state index contributed by atoms with van der Waals surface area (Å²) in [6.07, 6.45) is -2.30. The van der Waals surface area contributed by atoms with Crippen molar-refractivity contribution in [2.24, 2.45) is 0 Å². The van der Waals surface area contributed by atoms with Crippen molar-refractivity contribution in [1.82, 2.24) is 0 Å². The molecule has 96 valence electrons. The molecule has 0 bridgehead atoms. The molecule has 1 N–H and O–H groups in total. The van der Waals surface area contributed by atoms with E-state index in [0.29, 0.717) is 0 Å². The van der Waals surface area contributed by atoms with E-state index in [0.717, 1.165) is 0 Å². The molecule has 0 aliphatic rings. The number of aliphatic carboxylic acids is 1. The van der Waals surface area contributed by atoms with Crippen molar-refractivity contribution in [2.45, 2.75) is 18.9 Å². The Labute approximate surface area is 93.1 Å². The maximum Gasteiger partial charge on any atom is 0.372 e. The predicted molar refractivity (Wildman–Crippen MR) is 46.7 cm³/mol. The van der Waals surface area contributed by atoms with E-state index in [9.17, 15) is 29.8 Å². The molecule has 0 amide bonds. The van der Waals surface area contributed by atoms with Gasteiger partial charge in [0.05, 0.1) is 0 Å². The van der Waals surface area contributed by atoms with Crippen LogP contribution in [0.2, 0.25) is 0 Å². The number of carboxylic acids is 1. The van der Waals surface area contributed by atoms with Crippen molar-refractivity contribution in [2.75, 3.05) is 6.61 Å². The van der Waals surface area contributed by atoms with Crippen LogP contribution in [0.3, 0.4) is 0 Å². The number of hydrogen-bond acceptors (Lipinski definition) is 8. The fraction of sp³-hybridized carbons (Fsp3) is 0.667. The van der Waals surface area contributed by atoms with Gasteiger partial charge >= 0.3 is 5.97 Å². The average molecular weight is 252 g/mol. The van der Waals surface area contributed by atoms with Gasteiger partial charge in [0.25, 0.3) is 10.2 Å². The van der Waals surface area contributed by atoms with Gasteiger partial charge in [-0.3, -0.25) is 4.79 Å². The third-order valence-electron chi connectivity index (χ3n) is 1.53. The summed E-state index contributed by atoms with van der Waals surface area (Å²) in [6.45, 7) is -0.763. The summed E-state index contributed by atoms with van der Waals surface area (Å²) >= 11 is 0. The Hall–Kier alpha value is -2.46. The van der Waals surface area contributed by atoms with Gasteiger partial charge in [0.15, 0.2) is 0 Å². The number of nitrogens with zero attached hydrogens (tertiary/aromatic N) is 2. The van der Waals surface area contributed by atoms with Crippen LogP contribution in [0.15, 0.2) is 0 Å². The van der Waals surface area contributed by atoms with Crippen molar-refractivity contribution in [3.05, 3.63) is 20.2 Å². The van der Waals surface area contributed by atoms with Crippen molar-refractivity contribution >= 4 is 11.8 Å². The van der Waals surface area contributed by atoms with Gasteiger partial charge in [-0.15, -0.1) is 20.2 Å². The lowest BCUT2D eigenvalue weighted by molar-refractivity contribution is -0.790. The summed E-state index contributed by atoms with van der Waals surface area (Å²) in [7, 11) is 0. The molecule has 0 spiro atoms. The molecule has 0 aromatic carbocycles. The molecule has 0 saturated carbocycles. The number of carboxylic acid groups (broad SMARTS) is 1. The number of carbonyl (C=O) groups is 2. The highest BCUT2D eigenvalue weighted by molar-refractivity contribution is 6.32. The normalized spacial score (nSPS) is 11.3. The monoisotopic (exact) mass is 252 g/mol. The minimum absolute atomic E-state index is 0.375. The predicted octanol–water partition coefficient (Wildman–Crippen LogP) is -0.794. The minimum Gasteiger partial charge on any atom is -0.476 e. The highest BCUT2D eigenvalue weighted by Gasteiger charge is 2.19. The standard InChI is InChI=1S/C6H8N2O9/c9-5(6(10)11)2-1-4(17-8(14)15)3-16-7(12)13/h4H,1-3H2,(H,10,11)/t4-/m1/s1. The van der Waals surface area contributed by atoms with Crippen LogP contribution in [-0.4, -0.2) is 39.7 Å². The number of Topliss-reactive ketones (excluding diaryl/α,β-unsaturated/α-hetero) is 1. The number of hydrogen-bond donors (Lipinski definition) is 1. The fourth-order valence-electron chi connectivity index (χ4n) is 0.831. The van der Waals surface area contributed by atoms with E-state index in [1.807, 2.05) is 0 Å². The zero-order chi connectivity index (χ0) is 13.4. The van der Waals surface area contributed by atoms with E-state index in [-0.39, 0.29) is 6.42 Å². The quantitative estimate of drug-likeness (QED) is 0.315. The van der Waals surface area contributed by atoms with Gasteiger partial charge in [-0.2, -0.15) is 0 Å². The maximum atomic E-state index is 10.7. The van der Waals surface area contributed by atoms with E-state index in [4.69, 9.17) is 5.11 Å². The first-order chi connectivity index (χ1) is 7.82. The van der Waals surface area contributed by atoms with Crippen molar-refractivity contribution in [1.29, 1.82) is 0 Å².